The number of rotatable bonds is 0. The van der Waals surface area contributed by atoms with Crippen LogP contribution in [0.3, 0.4) is 0 Å². The maximum absolute atomic E-state index is 10.8. The van der Waals surface area contributed by atoms with E-state index >= 15 is 0 Å². The van der Waals surface area contributed by atoms with Crippen molar-refractivity contribution in [2.75, 3.05) is 5.73 Å². The summed E-state index contributed by atoms with van der Waals surface area (Å²) in [5, 5.41) is 7.33. The zero-order valence-corrected chi connectivity index (χ0v) is 5.98. The number of nitrogens with one attached hydrogen (secondary N) is 1. The van der Waals surface area contributed by atoms with Gasteiger partial charge in [0.1, 0.15) is 0 Å². The van der Waals surface area contributed by atoms with Crippen LogP contribution in [0.2, 0.25) is 0 Å². The summed E-state index contributed by atoms with van der Waals surface area (Å²) in [6.45, 7) is 0. The summed E-state index contributed by atoms with van der Waals surface area (Å²) in [6, 6.07) is 1.61. The van der Waals surface area contributed by atoms with Crippen molar-refractivity contribution in [1.29, 1.82) is 0 Å². The minimum Gasteiger partial charge on any atom is -0.382 e. The second-order valence-electron chi connectivity index (χ2n) is 2.22. The van der Waals surface area contributed by atoms with E-state index in [0.717, 1.165) is 0 Å². The van der Waals surface area contributed by atoms with Gasteiger partial charge in [0.2, 0.25) is 0 Å². The highest BCUT2D eigenvalue weighted by Crippen LogP contribution is 2.08. The molecule has 0 unspecified atom stereocenters. The fourth-order valence-corrected chi connectivity index (χ4v) is 0.927. The van der Waals surface area contributed by atoms with Crippen molar-refractivity contribution < 1.29 is 0 Å². The predicted molar refractivity (Wildman–Crippen MR) is 42.4 cm³/mol. The monoisotopic (exact) mass is 163 g/mol. The van der Waals surface area contributed by atoms with Gasteiger partial charge < -0.3 is 10.7 Å². The van der Waals surface area contributed by atoms with Gasteiger partial charge in [-0.1, -0.05) is 0 Å². The van der Waals surface area contributed by atoms with Gasteiger partial charge in [0.15, 0.2) is 11.3 Å². The Morgan fingerprint density at radius 2 is 2.33 bits per heavy atom. The molecular weight excluding hydrogens is 158 g/mol. The smallest absolute Gasteiger partial charge is 0.347 e. The van der Waals surface area contributed by atoms with Crippen molar-refractivity contribution in [2.24, 2.45) is 0 Å². The number of H-pyrrole nitrogens is 1. The Morgan fingerprint density at radius 1 is 1.50 bits per heavy atom. The van der Waals surface area contributed by atoms with Crippen LogP contribution in [0, 0.1) is 0 Å². The van der Waals surface area contributed by atoms with Crippen LogP contribution in [-0.4, -0.2) is 20.2 Å². The first-order valence-corrected chi connectivity index (χ1v) is 3.24. The molecule has 0 bridgehead atoms. The van der Waals surface area contributed by atoms with E-state index in [-0.39, 0.29) is 5.82 Å². The van der Waals surface area contributed by atoms with Gasteiger partial charge in [-0.05, 0) is 6.07 Å². The Kier molecular flexibility index (Phi) is 1.26. The minimum atomic E-state index is -0.479. The quantitative estimate of drug-likeness (QED) is 0.535. The number of fused-ring (bicyclic) bond motifs is 1. The largest absolute Gasteiger partial charge is 0.382 e. The lowest BCUT2D eigenvalue weighted by atomic mass is 10.4. The third kappa shape index (κ3) is 0.895. The van der Waals surface area contributed by atoms with Crippen molar-refractivity contribution in [2.45, 2.75) is 0 Å². The molecule has 2 rings (SSSR count). The lowest BCUT2D eigenvalue weighted by Gasteiger charge is -1.95. The molecule has 0 saturated heterocycles. The third-order valence-electron chi connectivity index (χ3n) is 1.43. The lowest BCUT2D eigenvalue weighted by Crippen LogP contribution is -2.13. The molecule has 0 saturated carbocycles. The molecule has 2 heterocycles. The molecule has 0 atom stereocenters. The second-order valence-corrected chi connectivity index (χ2v) is 2.22. The molecule has 2 aromatic heterocycles. The van der Waals surface area contributed by atoms with Gasteiger partial charge in [0.05, 0.1) is 11.7 Å². The molecule has 6 heteroatoms. The van der Waals surface area contributed by atoms with Crippen molar-refractivity contribution in [3.63, 3.8) is 0 Å². The highest BCUT2D eigenvalue weighted by Gasteiger charge is 2.01. The third-order valence-corrected chi connectivity index (χ3v) is 1.43. The van der Waals surface area contributed by atoms with Gasteiger partial charge in [0, 0.05) is 0 Å². The number of aromatic amines is 1. The summed E-state index contributed by atoms with van der Waals surface area (Å²) in [6.07, 6.45) is 1.47. The number of nitrogens with zero attached hydrogens (tertiary/aromatic N) is 3. The molecule has 6 nitrogen and oxygen atoms in total. The predicted octanol–water partition coefficient (Wildman–Crippen LogP) is -0.705. The van der Waals surface area contributed by atoms with Gasteiger partial charge in [0.25, 0.3) is 0 Å². The summed E-state index contributed by atoms with van der Waals surface area (Å²) in [5.74, 6) is 0.0989. The van der Waals surface area contributed by atoms with E-state index in [1.165, 1.54) is 6.20 Å². The molecule has 0 amide bonds. The molecule has 0 aliphatic carbocycles. The lowest BCUT2D eigenvalue weighted by molar-refractivity contribution is 1.04. The standard InChI is InChI=1S/C6H5N5O/c7-5-4-3(1-2-8-11-4)9-6(12)10-5/h1-2H,(H3,7,9,10,12). The van der Waals surface area contributed by atoms with Crippen LogP contribution in [0.1, 0.15) is 0 Å². The molecule has 0 fully saturated rings. The second kappa shape index (κ2) is 2.26. The van der Waals surface area contributed by atoms with E-state index in [2.05, 4.69) is 20.2 Å². The molecule has 0 radical (unpaired) electrons. The molecule has 0 aliphatic rings. The maximum Gasteiger partial charge on any atom is 0.347 e. The van der Waals surface area contributed by atoms with Crippen LogP contribution in [-0.2, 0) is 0 Å². The highest BCUT2D eigenvalue weighted by molar-refractivity contribution is 5.82. The molecule has 3 N–H and O–H groups in total. The van der Waals surface area contributed by atoms with Crippen LogP contribution in [0.4, 0.5) is 5.82 Å². The summed E-state index contributed by atoms with van der Waals surface area (Å²) in [7, 11) is 0. The van der Waals surface area contributed by atoms with E-state index in [1.807, 2.05) is 0 Å². The van der Waals surface area contributed by atoms with Gasteiger partial charge in [-0.25, -0.2) is 4.79 Å². The zero-order chi connectivity index (χ0) is 8.55. The average molecular weight is 163 g/mol. The Labute approximate surface area is 66.5 Å². The van der Waals surface area contributed by atoms with Gasteiger partial charge >= 0.3 is 5.69 Å². The summed E-state index contributed by atoms with van der Waals surface area (Å²) < 4.78 is 0. The van der Waals surface area contributed by atoms with Gasteiger partial charge in [-0.2, -0.15) is 10.1 Å². The van der Waals surface area contributed by atoms with Gasteiger partial charge in [-0.15, -0.1) is 5.10 Å². The van der Waals surface area contributed by atoms with Crippen molar-refractivity contribution in [3.8, 4) is 0 Å². The van der Waals surface area contributed by atoms with Crippen LogP contribution in [0.5, 0.6) is 0 Å². The molecule has 2 aromatic rings. The maximum atomic E-state index is 10.8. The molecule has 0 aliphatic heterocycles. The number of hydrogen-bond donors (Lipinski definition) is 2. The van der Waals surface area contributed by atoms with Crippen LogP contribution >= 0.6 is 0 Å². The number of aromatic nitrogens is 4. The summed E-state index contributed by atoms with van der Waals surface area (Å²) in [4.78, 5) is 16.8. The normalized spacial score (nSPS) is 10.3. The van der Waals surface area contributed by atoms with E-state index in [0.29, 0.717) is 11.0 Å². The first kappa shape index (κ1) is 6.71. The highest BCUT2D eigenvalue weighted by atomic mass is 16.1. The van der Waals surface area contributed by atoms with Crippen LogP contribution in [0.25, 0.3) is 11.0 Å². The first-order valence-electron chi connectivity index (χ1n) is 3.24. The number of nitrogen functional groups attached to an aromatic ring is 1. The molecule has 0 spiro atoms. The topological polar surface area (TPSA) is 97.5 Å². The Morgan fingerprint density at radius 3 is 3.17 bits per heavy atom. The van der Waals surface area contributed by atoms with Crippen molar-refractivity contribution in [3.05, 3.63) is 22.7 Å². The summed E-state index contributed by atoms with van der Waals surface area (Å²) in [5.41, 5.74) is 5.90. The van der Waals surface area contributed by atoms with Gasteiger partial charge in [-0.3, -0.25) is 0 Å². The zero-order valence-electron chi connectivity index (χ0n) is 5.98. The van der Waals surface area contributed by atoms with E-state index in [9.17, 15) is 4.79 Å². The van der Waals surface area contributed by atoms with Crippen LogP contribution < -0.4 is 11.4 Å². The fourth-order valence-electron chi connectivity index (χ4n) is 0.927. The first-order chi connectivity index (χ1) is 5.77. The Hall–Kier alpha value is -1.98. The Bertz CT molecular complexity index is 477. The SMILES string of the molecule is Nc1nc(=O)[nH]c2ccnnc12. The van der Waals surface area contributed by atoms with Crippen LogP contribution in [0.15, 0.2) is 17.1 Å². The fraction of sp³-hybridized carbons (Fsp3) is 0. The average Bonchev–Trinajstić information content (AvgIpc) is 2.04. The van der Waals surface area contributed by atoms with E-state index < -0.39 is 5.69 Å². The molecule has 60 valence electrons. The summed E-state index contributed by atoms with van der Waals surface area (Å²) >= 11 is 0. The molecular formula is C6H5N5O. The van der Waals surface area contributed by atoms with E-state index in [4.69, 9.17) is 5.73 Å². The minimum absolute atomic E-state index is 0.0989. The molecule has 12 heavy (non-hydrogen) atoms. The van der Waals surface area contributed by atoms with Crippen molar-refractivity contribution in [1.82, 2.24) is 20.2 Å². The number of hydrogen-bond acceptors (Lipinski definition) is 5. The number of nitrogens with two attached hydrogens (primary N) is 1. The Balaban J connectivity index is 2.99. The number of anilines is 1. The van der Waals surface area contributed by atoms with E-state index in [1.54, 1.807) is 6.07 Å². The van der Waals surface area contributed by atoms with Crippen molar-refractivity contribution >= 4 is 16.9 Å². The molecule has 0 aromatic carbocycles.